The van der Waals surface area contributed by atoms with Crippen LogP contribution in [0, 0.1) is 13.8 Å². The molecule has 3 heterocycles. The first-order chi connectivity index (χ1) is 10.0. The highest BCUT2D eigenvalue weighted by atomic mass is 35.5. The fourth-order valence-electron chi connectivity index (χ4n) is 2.97. The predicted octanol–water partition coefficient (Wildman–Crippen LogP) is 3.41. The molecule has 2 aromatic rings. The van der Waals surface area contributed by atoms with Gasteiger partial charge in [0.25, 0.3) is 0 Å². The molecule has 1 fully saturated rings. The molecule has 1 aliphatic heterocycles. The van der Waals surface area contributed by atoms with Crippen molar-refractivity contribution < 1.29 is 0 Å². The molecule has 4 nitrogen and oxygen atoms in total. The number of anilines is 1. The minimum atomic E-state index is 0.466. The van der Waals surface area contributed by atoms with Gasteiger partial charge in [-0.25, -0.2) is 9.97 Å². The van der Waals surface area contributed by atoms with Gasteiger partial charge >= 0.3 is 0 Å². The second kappa shape index (κ2) is 5.78. The van der Waals surface area contributed by atoms with E-state index in [2.05, 4.69) is 34.2 Å². The van der Waals surface area contributed by atoms with E-state index in [1.54, 1.807) is 0 Å². The number of nitrogens with zero attached hydrogens (tertiary/aromatic N) is 3. The Labute approximate surface area is 130 Å². The van der Waals surface area contributed by atoms with Gasteiger partial charge in [0, 0.05) is 17.1 Å². The predicted molar refractivity (Wildman–Crippen MR) is 88.2 cm³/mol. The highest BCUT2D eigenvalue weighted by molar-refractivity contribution is 6.35. The van der Waals surface area contributed by atoms with Crippen molar-refractivity contribution in [1.29, 1.82) is 0 Å². The Kier molecular flexibility index (Phi) is 4.00. The molecular weight excluding hydrogens is 284 g/mol. The van der Waals surface area contributed by atoms with Crippen LogP contribution in [0.25, 0.3) is 11.0 Å². The van der Waals surface area contributed by atoms with Crippen LogP contribution in [-0.4, -0.2) is 41.0 Å². The summed E-state index contributed by atoms with van der Waals surface area (Å²) in [6.45, 7) is 6.28. The van der Waals surface area contributed by atoms with Gasteiger partial charge in [-0.3, -0.25) is 0 Å². The van der Waals surface area contributed by atoms with Gasteiger partial charge in [-0.05, 0) is 64.5 Å². The molecule has 0 aromatic carbocycles. The van der Waals surface area contributed by atoms with Gasteiger partial charge in [0.15, 0.2) is 5.65 Å². The van der Waals surface area contributed by atoms with Crippen molar-refractivity contribution in [1.82, 2.24) is 14.9 Å². The molecule has 0 bridgehead atoms. The molecule has 0 saturated carbocycles. The highest BCUT2D eigenvalue weighted by Crippen LogP contribution is 2.28. The second-order valence-electron chi connectivity index (χ2n) is 5.99. The van der Waals surface area contributed by atoms with Crippen LogP contribution in [0.2, 0.25) is 5.02 Å². The quantitative estimate of drug-likeness (QED) is 0.923. The molecule has 3 rings (SSSR count). The molecule has 0 aliphatic carbocycles. The van der Waals surface area contributed by atoms with E-state index in [1.165, 1.54) is 0 Å². The Hall–Kier alpha value is -1.39. The third-order valence-electron chi connectivity index (χ3n) is 4.12. The van der Waals surface area contributed by atoms with Crippen LogP contribution in [-0.2, 0) is 0 Å². The summed E-state index contributed by atoms with van der Waals surface area (Å²) < 4.78 is 0. The van der Waals surface area contributed by atoms with Crippen molar-refractivity contribution in [2.45, 2.75) is 32.7 Å². The number of pyridine rings is 2. The summed E-state index contributed by atoms with van der Waals surface area (Å²) >= 11 is 6.43. The highest BCUT2D eigenvalue weighted by Gasteiger charge is 2.17. The van der Waals surface area contributed by atoms with Crippen molar-refractivity contribution >= 4 is 28.5 Å². The number of hydrogen-bond donors (Lipinski definition) is 1. The number of aryl methyl sites for hydroxylation is 2. The van der Waals surface area contributed by atoms with Crippen LogP contribution >= 0.6 is 11.6 Å². The van der Waals surface area contributed by atoms with Crippen molar-refractivity contribution in [3.05, 3.63) is 28.4 Å². The number of nitrogens with one attached hydrogen (secondary N) is 1. The van der Waals surface area contributed by atoms with Gasteiger partial charge in [-0.2, -0.15) is 0 Å². The molecule has 0 radical (unpaired) electrons. The molecule has 112 valence electrons. The fraction of sp³-hybridized carbons (Fsp3) is 0.500. The van der Waals surface area contributed by atoms with Crippen LogP contribution in [0.15, 0.2) is 12.1 Å². The molecule has 2 aromatic heterocycles. The van der Waals surface area contributed by atoms with E-state index in [0.29, 0.717) is 6.04 Å². The number of rotatable bonds is 2. The molecule has 21 heavy (non-hydrogen) atoms. The van der Waals surface area contributed by atoms with Gasteiger partial charge in [-0.1, -0.05) is 11.6 Å². The van der Waals surface area contributed by atoms with Crippen molar-refractivity contribution in [2.75, 3.05) is 25.5 Å². The summed E-state index contributed by atoms with van der Waals surface area (Å²) in [6, 6.07) is 4.43. The first kappa shape index (κ1) is 14.5. The normalized spacial score (nSPS) is 17.3. The summed E-state index contributed by atoms with van der Waals surface area (Å²) in [5, 5.41) is 5.19. The summed E-state index contributed by atoms with van der Waals surface area (Å²) in [7, 11) is 2.16. The number of halogens is 1. The van der Waals surface area contributed by atoms with Crippen molar-refractivity contribution in [3.63, 3.8) is 0 Å². The van der Waals surface area contributed by atoms with Crippen molar-refractivity contribution in [2.24, 2.45) is 0 Å². The summed E-state index contributed by atoms with van der Waals surface area (Å²) in [6.07, 6.45) is 2.27. The Balaban J connectivity index is 1.90. The standard InChI is InChI=1S/C16H21ClN4/c1-10-8-11(2)18-16-15(10)13(17)9-14(20-16)19-12-4-6-21(3)7-5-12/h8-9,12H,4-7H2,1-3H3,(H,18,19,20). The number of aromatic nitrogens is 2. The van der Waals surface area contributed by atoms with Gasteiger partial charge in [0.1, 0.15) is 5.82 Å². The lowest BCUT2D eigenvalue weighted by Gasteiger charge is -2.29. The van der Waals surface area contributed by atoms with E-state index in [9.17, 15) is 0 Å². The summed E-state index contributed by atoms with van der Waals surface area (Å²) in [4.78, 5) is 11.5. The van der Waals surface area contributed by atoms with E-state index >= 15 is 0 Å². The van der Waals surface area contributed by atoms with Crippen LogP contribution in [0.4, 0.5) is 5.82 Å². The van der Waals surface area contributed by atoms with Crippen LogP contribution < -0.4 is 5.32 Å². The zero-order valence-corrected chi connectivity index (χ0v) is 13.5. The maximum Gasteiger partial charge on any atom is 0.163 e. The maximum atomic E-state index is 6.43. The average Bonchev–Trinajstić information content (AvgIpc) is 2.40. The zero-order chi connectivity index (χ0) is 15.0. The first-order valence-electron chi connectivity index (χ1n) is 7.42. The molecule has 0 spiro atoms. The lowest BCUT2D eigenvalue weighted by molar-refractivity contribution is 0.263. The third kappa shape index (κ3) is 3.11. The lowest BCUT2D eigenvalue weighted by Crippen LogP contribution is -2.36. The smallest absolute Gasteiger partial charge is 0.163 e. The Morgan fingerprint density at radius 2 is 1.90 bits per heavy atom. The van der Waals surface area contributed by atoms with E-state index in [-0.39, 0.29) is 0 Å². The molecule has 0 unspecified atom stereocenters. The van der Waals surface area contributed by atoms with Gasteiger partial charge in [0.2, 0.25) is 0 Å². The molecule has 1 N–H and O–H groups in total. The minimum absolute atomic E-state index is 0.466. The van der Waals surface area contributed by atoms with Crippen molar-refractivity contribution in [3.8, 4) is 0 Å². The van der Waals surface area contributed by atoms with E-state index in [4.69, 9.17) is 11.6 Å². The van der Waals surface area contributed by atoms with E-state index in [1.807, 2.05) is 19.1 Å². The fourth-order valence-corrected chi connectivity index (χ4v) is 3.30. The van der Waals surface area contributed by atoms with Crippen LogP contribution in [0.3, 0.4) is 0 Å². The summed E-state index contributed by atoms with van der Waals surface area (Å²) in [5.74, 6) is 0.833. The SMILES string of the molecule is Cc1cc(C)c2c(Cl)cc(NC3CCN(C)CC3)nc2n1. The zero-order valence-electron chi connectivity index (χ0n) is 12.8. The Morgan fingerprint density at radius 1 is 1.19 bits per heavy atom. The van der Waals surface area contributed by atoms with Gasteiger partial charge in [0.05, 0.1) is 5.02 Å². The number of hydrogen-bond acceptors (Lipinski definition) is 4. The topological polar surface area (TPSA) is 41.0 Å². The second-order valence-corrected chi connectivity index (χ2v) is 6.40. The molecular formula is C16H21ClN4. The van der Waals surface area contributed by atoms with Gasteiger partial charge in [-0.15, -0.1) is 0 Å². The average molecular weight is 305 g/mol. The Morgan fingerprint density at radius 3 is 2.62 bits per heavy atom. The van der Waals surface area contributed by atoms with Crippen LogP contribution in [0.1, 0.15) is 24.1 Å². The summed E-state index contributed by atoms with van der Waals surface area (Å²) in [5.41, 5.74) is 2.83. The van der Waals surface area contributed by atoms with Gasteiger partial charge < -0.3 is 10.2 Å². The molecule has 1 aliphatic rings. The first-order valence-corrected chi connectivity index (χ1v) is 7.80. The maximum absolute atomic E-state index is 6.43. The molecule has 1 saturated heterocycles. The third-order valence-corrected chi connectivity index (χ3v) is 4.42. The van der Waals surface area contributed by atoms with Crippen LogP contribution in [0.5, 0.6) is 0 Å². The number of piperidine rings is 1. The monoisotopic (exact) mass is 304 g/mol. The molecule has 0 amide bonds. The minimum Gasteiger partial charge on any atom is -0.367 e. The largest absolute Gasteiger partial charge is 0.367 e. The van der Waals surface area contributed by atoms with E-state index < -0.39 is 0 Å². The molecule has 0 atom stereocenters. The molecule has 5 heteroatoms. The van der Waals surface area contributed by atoms with E-state index in [0.717, 1.165) is 59.1 Å². The number of fused-ring (bicyclic) bond motifs is 1. The number of likely N-dealkylation sites (tertiary alicyclic amines) is 1. The Bertz CT molecular complexity index is 663. The lowest BCUT2D eigenvalue weighted by atomic mass is 10.1.